The Bertz CT molecular complexity index is 375. The Hall–Kier alpha value is -1.36. The molecule has 0 radical (unpaired) electrons. The number of rotatable bonds is 4. The fourth-order valence-corrected chi connectivity index (χ4v) is 2.40. The van der Waals surface area contributed by atoms with Gasteiger partial charge in [-0.3, -0.25) is 9.59 Å². The van der Waals surface area contributed by atoms with Crippen LogP contribution in [0.1, 0.15) is 17.7 Å². The average molecular weight is 238 g/mol. The van der Waals surface area contributed by atoms with Crippen LogP contribution in [0.5, 0.6) is 0 Å². The first-order valence-corrected chi connectivity index (χ1v) is 6.20. The maximum absolute atomic E-state index is 11.5. The van der Waals surface area contributed by atoms with Crippen LogP contribution in [0.25, 0.3) is 0 Å². The molecule has 1 saturated heterocycles. The van der Waals surface area contributed by atoms with E-state index in [1.165, 1.54) is 0 Å². The lowest BCUT2D eigenvalue weighted by Crippen LogP contribution is -2.38. The Morgan fingerprint density at radius 2 is 2.50 bits per heavy atom. The molecule has 0 aromatic carbocycles. The van der Waals surface area contributed by atoms with Crippen molar-refractivity contribution in [2.24, 2.45) is 0 Å². The quantitative estimate of drug-likeness (QED) is 0.810. The summed E-state index contributed by atoms with van der Waals surface area (Å²) in [6, 6.07) is 3.99. The lowest BCUT2D eigenvalue weighted by molar-refractivity contribution is -0.121. The van der Waals surface area contributed by atoms with Crippen molar-refractivity contribution in [1.82, 2.24) is 10.6 Å². The number of amides is 2. The van der Waals surface area contributed by atoms with E-state index in [1.54, 1.807) is 11.3 Å². The van der Waals surface area contributed by atoms with Crippen LogP contribution in [0.3, 0.4) is 0 Å². The molecular weight excluding hydrogens is 224 g/mol. The highest BCUT2D eigenvalue weighted by Gasteiger charge is 2.20. The lowest BCUT2D eigenvalue weighted by atomic mass is 10.2. The monoisotopic (exact) mass is 238 g/mol. The summed E-state index contributed by atoms with van der Waals surface area (Å²) in [7, 11) is 0. The maximum atomic E-state index is 11.5. The molecule has 2 heterocycles. The maximum Gasteiger partial charge on any atom is 0.225 e. The molecule has 0 aliphatic carbocycles. The normalized spacial score (nSPS) is 19.5. The van der Waals surface area contributed by atoms with Gasteiger partial charge in [-0.25, -0.2) is 0 Å². The molecule has 1 aromatic heterocycles. The van der Waals surface area contributed by atoms with E-state index in [0.29, 0.717) is 19.4 Å². The van der Waals surface area contributed by atoms with Crippen molar-refractivity contribution in [3.05, 3.63) is 22.4 Å². The summed E-state index contributed by atoms with van der Waals surface area (Å²) in [5, 5.41) is 7.61. The van der Waals surface area contributed by atoms with Crippen molar-refractivity contribution in [2.45, 2.75) is 25.3 Å². The van der Waals surface area contributed by atoms with Crippen LogP contribution in [0.2, 0.25) is 0 Å². The van der Waals surface area contributed by atoms with E-state index in [9.17, 15) is 9.59 Å². The van der Waals surface area contributed by atoms with Crippen LogP contribution in [-0.4, -0.2) is 24.4 Å². The third-order valence-electron chi connectivity index (χ3n) is 2.55. The van der Waals surface area contributed by atoms with Crippen molar-refractivity contribution in [1.29, 1.82) is 0 Å². The van der Waals surface area contributed by atoms with Gasteiger partial charge < -0.3 is 10.6 Å². The molecule has 1 aliphatic heterocycles. The van der Waals surface area contributed by atoms with Crippen LogP contribution in [0.15, 0.2) is 17.5 Å². The zero-order chi connectivity index (χ0) is 11.4. The molecule has 0 bridgehead atoms. The lowest BCUT2D eigenvalue weighted by Gasteiger charge is -2.10. The molecule has 2 N–H and O–H groups in total. The molecule has 2 rings (SSSR count). The van der Waals surface area contributed by atoms with Gasteiger partial charge >= 0.3 is 0 Å². The first-order chi connectivity index (χ1) is 7.74. The summed E-state index contributed by atoms with van der Waals surface area (Å²) in [4.78, 5) is 23.5. The fourth-order valence-electron chi connectivity index (χ4n) is 1.70. The molecule has 4 nitrogen and oxygen atoms in total. The SMILES string of the molecule is O=C(Cc1cccs1)NCC1CCC(=O)N1. The van der Waals surface area contributed by atoms with Gasteiger partial charge in [0, 0.05) is 23.9 Å². The van der Waals surface area contributed by atoms with Gasteiger partial charge in [0.05, 0.1) is 6.42 Å². The number of thiophene rings is 1. The predicted octanol–water partition coefficient (Wildman–Crippen LogP) is 0.685. The smallest absolute Gasteiger partial charge is 0.225 e. The second-order valence-electron chi connectivity index (χ2n) is 3.86. The zero-order valence-corrected chi connectivity index (χ0v) is 9.68. The molecule has 1 aromatic rings. The highest BCUT2D eigenvalue weighted by atomic mass is 32.1. The van der Waals surface area contributed by atoms with Gasteiger partial charge in [-0.1, -0.05) is 6.07 Å². The molecule has 2 amide bonds. The number of hydrogen-bond acceptors (Lipinski definition) is 3. The van der Waals surface area contributed by atoms with Gasteiger partial charge in [0.2, 0.25) is 11.8 Å². The van der Waals surface area contributed by atoms with Gasteiger partial charge in [-0.2, -0.15) is 0 Å². The topological polar surface area (TPSA) is 58.2 Å². The minimum Gasteiger partial charge on any atom is -0.354 e. The standard InChI is InChI=1S/C11H14N2O2S/c14-10-4-3-8(13-10)7-12-11(15)6-9-2-1-5-16-9/h1-2,5,8H,3-4,6-7H2,(H,12,15)(H,13,14). The Morgan fingerprint density at radius 1 is 1.62 bits per heavy atom. The van der Waals surface area contributed by atoms with E-state index in [2.05, 4.69) is 10.6 Å². The fraction of sp³-hybridized carbons (Fsp3) is 0.455. The Labute approximate surface area is 98.0 Å². The Balaban J connectivity index is 1.70. The van der Waals surface area contributed by atoms with Crippen LogP contribution in [0, 0.1) is 0 Å². The van der Waals surface area contributed by atoms with Gasteiger partial charge in [0.25, 0.3) is 0 Å². The van der Waals surface area contributed by atoms with Gasteiger partial charge in [0.1, 0.15) is 0 Å². The van der Waals surface area contributed by atoms with E-state index < -0.39 is 0 Å². The highest BCUT2D eigenvalue weighted by Crippen LogP contribution is 2.09. The summed E-state index contributed by atoms with van der Waals surface area (Å²) in [5.74, 6) is 0.0982. The van der Waals surface area contributed by atoms with E-state index in [4.69, 9.17) is 0 Å². The zero-order valence-electron chi connectivity index (χ0n) is 8.86. The Kier molecular flexibility index (Phi) is 3.56. The first-order valence-electron chi connectivity index (χ1n) is 5.32. The molecule has 0 spiro atoms. The van der Waals surface area contributed by atoms with Gasteiger partial charge in [0.15, 0.2) is 0 Å². The molecule has 86 valence electrons. The van der Waals surface area contributed by atoms with Crippen LogP contribution in [0.4, 0.5) is 0 Å². The molecule has 1 atom stereocenters. The number of carbonyl (C=O) groups excluding carboxylic acids is 2. The van der Waals surface area contributed by atoms with Crippen molar-refractivity contribution in [2.75, 3.05) is 6.54 Å². The summed E-state index contributed by atoms with van der Waals surface area (Å²) < 4.78 is 0. The molecule has 16 heavy (non-hydrogen) atoms. The first kappa shape index (κ1) is 11.1. The summed E-state index contributed by atoms with van der Waals surface area (Å²) in [6.45, 7) is 0.538. The summed E-state index contributed by atoms with van der Waals surface area (Å²) in [6.07, 6.45) is 1.82. The molecule has 5 heteroatoms. The molecule has 1 aliphatic rings. The van der Waals surface area contributed by atoms with E-state index in [1.807, 2.05) is 17.5 Å². The summed E-state index contributed by atoms with van der Waals surface area (Å²) >= 11 is 1.58. The largest absolute Gasteiger partial charge is 0.354 e. The van der Waals surface area contributed by atoms with Crippen molar-refractivity contribution >= 4 is 23.2 Å². The van der Waals surface area contributed by atoms with Crippen LogP contribution < -0.4 is 10.6 Å². The molecule has 0 saturated carbocycles. The second kappa shape index (κ2) is 5.12. The Morgan fingerprint density at radius 3 is 3.12 bits per heavy atom. The van der Waals surface area contributed by atoms with Crippen LogP contribution in [-0.2, 0) is 16.0 Å². The molecular formula is C11H14N2O2S. The minimum absolute atomic E-state index is 0.0172. The van der Waals surface area contributed by atoms with E-state index >= 15 is 0 Å². The number of hydrogen-bond donors (Lipinski definition) is 2. The number of carbonyl (C=O) groups is 2. The third-order valence-corrected chi connectivity index (χ3v) is 3.42. The van der Waals surface area contributed by atoms with Crippen molar-refractivity contribution in [3.63, 3.8) is 0 Å². The van der Waals surface area contributed by atoms with E-state index in [0.717, 1.165) is 11.3 Å². The predicted molar refractivity (Wildman–Crippen MR) is 62.2 cm³/mol. The van der Waals surface area contributed by atoms with E-state index in [-0.39, 0.29) is 17.9 Å². The van der Waals surface area contributed by atoms with Gasteiger partial charge in [-0.05, 0) is 17.9 Å². The van der Waals surface area contributed by atoms with Crippen LogP contribution >= 0.6 is 11.3 Å². The molecule has 1 unspecified atom stereocenters. The third kappa shape index (κ3) is 3.06. The second-order valence-corrected chi connectivity index (χ2v) is 4.90. The minimum atomic E-state index is 0.0172. The molecule has 1 fully saturated rings. The van der Waals surface area contributed by atoms with Crippen molar-refractivity contribution < 1.29 is 9.59 Å². The number of nitrogens with one attached hydrogen (secondary N) is 2. The van der Waals surface area contributed by atoms with Crippen molar-refractivity contribution in [3.8, 4) is 0 Å². The highest BCUT2D eigenvalue weighted by molar-refractivity contribution is 7.10. The van der Waals surface area contributed by atoms with Gasteiger partial charge in [-0.15, -0.1) is 11.3 Å². The average Bonchev–Trinajstić information content (AvgIpc) is 2.87. The summed E-state index contributed by atoms with van der Waals surface area (Å²) in [5.41, 5.74) is 0.